The van der Waals surface area contributed by atoms with Gasteiger partial charge in [0.1, 0.15) is 11.5 Å². The van der Waals surface area contributed by atoms with Crippen LogP contribution < -0.4 is 9.47 Å². The van der Waals surface area contributed by atoms with Gasteiger partial charge in [-0.1, -0.05) is 124 Å². The Morgan fingerprint density at radius 1 is 0.526 bits per heavy atom. The summed E-state index contributed by atoms with van der Waals surface area (Å²) in [7, 11) is 0. The lowest BCUT2D eigenvalue weighted by Gasteiger charge is -2.13. The van der Waals surface area contributed by atoms with Gasteiger partial charge in [-0.25, -0.2) is 4.79 Å². The van der Waals surface area contributed by atoms with Crippen LogP contribution >= 0.6 is 0 Å². The molecule has 0 aliphatic carbocycles. The van der Waals surface area contributed by atoms with E-state index in [-0.39, 0.29) is 0 Å². The number of unbranched alkanes of at least 4 members (excludes halogenated alkanes) is 4. The average molecular weight is 507 g/mol. The molecule has 0 aliphatic rings. The van der Waals surface area contributed by atoms with Crippen molar-refractivity contribution in [3.05, 3.63) is 108 Å². The van der Waals surface area contributed by atoms with E-state index in [2.05, 4.69) is 62.4 Å². The number of carbonyl (C=O) groups is 1. The number of hydrogen-bond donors (Lipinski definition) is 0. The van der Waals surface area contributed by atoms with Crippen molar-refractivity contribution in [2.24, 2.45) is 0 Å². The Morgan fingerprint density at radius 3 is 1.32 bits per heavy atom. The molecule has 4 rings (SSSR count). The molecule has 0 radical (unpaired) electrons. The van der Waals surface area contributed by atoms with Crippen LogP contribution in [0.15, 0.2) is 97.1 Å². The van der Waals surface area contributed by atoms with Crippen molar-refractivity contribution >= 4 is 6.16 Å². The lowest BCUT2D eigenvalue weighted by atomic mass is 10.0. The number of benzene rings is 4. The second kappa shape index (κ2) is 14.2. The monoisotopic (exact) mass is 506 g/mol. The third-order valence-electron chi connectivity index (χ3n) is 6.83. The van der Waals surface area contributed by atoms with Gasteiger partial charge in [-0.2, -0.15) is 0 Å². The number of aryl methyl sites for hydroxylation is 2. The van der Waals surface area contributed by atoms with Gasteiger partial charge in [0.2, 0.25) is 0 Å². The van der Waals surface area contributed by atoms with Crippen LogP contribution in [0.2, 0.25) is 0 Å². The summed E-state index contributed by atoms with van der Waals surface area (Å²) in [6.07, 6.45) is 8.74. The third-order valence-corrected chi connectivity index (χ3v) is 6.83. The maximum Gasteiger partial charge on any atom is 0.519 e. The van der Waals surface area contributed by atoms with Gasteiger partial charge in [0.05, 0.1) is 0 Å². The fraction of sp³-hybridized carbons (Fsp3) is 0.286. The Morgan fingerprint density at radius 2 is 0.921 bits per heavy atom. The summed E-state index contributed by atoms with van der Waals surface area (Å²) in [6.45, 7) is 4.44. The number of carbonyl (C=O) groups excluding carboxylic acids is 1. The van der Waals surface area contributed by atoms with Gasteiger partial charge in [0.15, 0.2) is 0 Å². The normalized spacial score (nSPS) is 10.8. The van der Waals surface area contributed by atoms with E-state index in [1.54, 1.807) is 12.1 Å². The zero-order chi connectivity index (χ0) is 26.6. The molecule has 4 aromatic carbocycles. The molecule has 0 aromatic heterocycles. The summed E-state index contributed by atoms with van der Waals surface area (Å²) in [6, 6.07) is 32.2. The highest BCUT2D eigenvalue weighted by Crippen LogP contribution is 2.33. The molecule has 0 spiro atoms. The number of rotatable bonds is 12. The molecule has 4 aromatic rings. The van der Waals surface area contributed by atoms with Crippen LogP contribution in [0.25, 0.3) is 22.3 Å². The van der Waals surface area contributed by atoms with Crippen LogP contribution in [0.4, 0.5) is 4.79 Å². The fourth-order valence-corrected chi connectivity index (χ4v) is 4.65. The highest BCUT2D eigenvalue weighted by molar-refractivity contribution is 5.78. The molecule has 0 bridgehead atoms. The molecule has 0 aliphatic heterocycles. The smallest absolute Gasteiger partial charge is 0.394 e. The van der Waals surface area contributed by atoms with Crippen LogP contribution in [0.5, 0.6) is 11.5 Å². The minimum absolute atomic E-state index is 0.477. The molecule has 0 fully saturated rings. The highest BCUT2D eigenvalue weighted by Gasteiger charge is 2.15. The molecule has 0 saturated heterocycles. The number of ether oxygens (including phenoxy) is 2. The summed E-state index contributed by atoms with van der Waals surface area (Å²) in [5.41, 5.74) is 6.38. The molecule has 0 unspecified atom stereocenters. The summed E-state index contributed by atoms with van der Waals surface area (Å²) < 4.78 is 11.4. The zero-order valence-electron chi connectivity index (χ0n) is 22.6. The van der Waals surface area contributed by atoms with Crippen LogP contribution in [-0.4, -0.2) is 6.16 Å². The summed E-state index contributed by atoms with van der Waals surface area (Å²) in [4.78, 5) is 12.9. The van der Waals surface area contributed by atoms with E-state index in [0.717, 1.165) is 35.1 Å². The van der Waals surface area contributed by atoms with Crippen molar-refractivity contribution in [2.45, 2.75) is 65.2 Å². The van der Waals surface area contributed by atoms with E-state index in [4.69, 9.17) is 9.47 Å². The largest absolute Gasteiger partial charge is 0.519 e. The Kier molecular flexibility index (Phi) is 10.1. The first-order valence-corrected chi connectivity index (χ1v) is 13.9. The molecule has 0 amide bonds. The van der Waals surface area contributed by atoms with Gasteiger partial charge in [0.25, 0.3) is 0 Å². The third kappa shape index (κ3) is 7.58. The molecule has 0 heterocycles. The van der Waals surface area contributed by atoms with Crippen LogP contribution in [0.1, 0.15) is 63.5 Å². The molecule has 38 heavy (non-hydrogen) atoms. The maximum atomic E-state index is 12.9. The Balaban J connectivity index is 1.45. The minimum Gasteiger partial charge on any atom is -0.394 e. The second-order valence-corrected chi connectivity index (χ2v) is 9.75. The lowest BCUT2D eigenvalue weighted by Crippen LogP contribution is -2.14. The molecular formula is C35H38O3. The predicted octanol–water partition coefficient (Wildman–Crippen LogP) is 10.1. The zero-order valence-corrected chi connectivity index (χ0v) is 22.6. The maximum absolute atomic E-state index is 12.9. The van der Waals surface area contributed by atoms with Crippen LogP contribution in [0.3, 0.4) is 0 Å². The van der Waals surface area contributed by atoms with E-state index in [0.29, 0.717) is 11.5 Å². The summed E-state index contributed by atoms with van der Waals surface area (Å²) >= 11 is 0. The van der Waals surface area contributed by atoms with Crippen molar-refractivity contribution in [3.8, 4) is 33.8 Å². The first kappa shape index (κ1) is 27.2. The van der Waals surface area contributed by atoms with Crippen LogP contribution in [-0.2, 0) is 12.8 Å². The number of hydrogen-bond acceptors (Lipinski definition) is 3. The number of para-hydroxylation sites is 2. The molecule has 0 atom stereocenters. The van der Waals surface area contributed by atoms with E-state index in [1.165, 1.54) is 49.7 Å². The molecule has 0 saturated carbocycles. The van der Waals surface area contributed by atoms with E-state index < -0.39 is 6.16 Å². The van der Waals surface area contributed by atoms with Crippen molar-refractivity contribution in [2.75, 3.05) is 0 Å². The lowest BCUT2D eigenvalue weighted by molar-refractivity contribution is 0.152. The Labute approximate surface area is 227 Å². The fourth-order valence-electron chi connectivity index (χ4n) is 4.65. The SMILES string of the molecule is CCCCCc1ccc(-c2ccccc2OC(=O)Oc2ccccc2-c2ccc(CCCCC)cc2)cc1. The average Bonchev–Trinajstić information content (AvgIpc) is 2.95. The quantitative estimate of drug-likeness (QED) is 0.109. The van der Waals surface area contributed by atoms with Gasteiger partial charge in [0, 0.05) is 11.1 Å². The minimum atomic E-state index is -0.753. The van der Waals surface area contributed by atoms with E-state index in [1.807, 2.05) is 36.4 Å². The highest BCUT2D eigenvalue weighted by atomic mass is 16.7. The van der Waals surface area contributed by atoms with Gasteiger partial charge < -0.3 is 9.47 Å². The van der Waals surface area contributed by atoms with Crippen molar-refractivity contribution in [3.63, 3.8) is 0 Å². The topological polar surface area (TPSA) is 35.5 Å². The first-order valence-electron chi connectivity index (χ1n) is 13.9. The molecule has 196 valence electrons. The Bertz CT molecular complexity index is 1190. The molecule has 0 N–H and O–H groups in total. The molecular weight excluding hydrogens is 468 g/mol. The summed E-state index contributed by atoms with van der Waals surface area (Å²) in [5.74, 6) is 0.954. The van der Waals surface area contributed by atoms with Crippen molar-refractivity contribution in [1.29, 1.82) is 0 Å². The standard InChI is InChI=1S/C35H38O3/c1-3-5-7-13-27-19-23-29(24-20-27)31-15-9-11-17-33(31)37-35(36)38-34-18-12-10-16-32(34)30-25-21-28(22-26-30)14-8-6-4-2/h9-12,15-26H,3-8,13-14H2,1-2H3. The second-order valence-electron chi connectivity index (χ2n) is 9.75. The van der Waals surface area contributed by atoms with Gasteiger partial charge in [-0.05, 0) is 60.1 Å². The van der Waals surface area contributed by atoms with Crippen LogP contribution in [0, 0.1) is 0 Å². The van der Waals surface area contributed by atoms with Gasteiger partial charge in [-0.3, -0.25) is 0 Å². The van der Waals surface area contributed by atoms with Crippen molar-refractivity contribution in [1.82, 2.24) is 0 Å². The van der Waals surface area contributed by atoms with Gasteiger partial charge in [-0.15, -0.1) is 0 Å². The molecule has 3 nitrogen and oxygen atoms in total. The van der Waals surface area contributed by atoms with Crippen molar-refractivity contribution < 1.29 is 14.3 Å². The van der Waals surface area contributed by atoms with E-state index in [9.17, 15) is 4.79 Å². The first-order chi connectivity index (χ1) is 18.7. The predicted molar refractivity (Wildman–Crippen MR) is 157 cm³/mol. The van der Waals surface area contributed by atoms with E-state index >= 15 is 0 Å². The Hall–Kier alpha value is -3.85. The summed E-state index contributed by atoms with van der Waals surface area (Å²) in [5, 5.41) is 0. The molecule has 3 heteroatoms. The van der Waals surface area contributed by atoms with Gasteiger partial charge >= 0.3 is 6.16 Å².